The van der Waals surface area contributed by atoms with E-state index in [9.17, 15) is 27.9 Å². The van der Waals surface area contributed by atoms with Gasteiger partial charge >= 0.3 is 12.1 Å². The van der Waals surface area contributed by atoms with E-state index < -0.39 is 23.8 Å². The van der Waals surface area contributed by atoms with Crippen LogP contribution in [0.5, 0.6) is 5.75 Å². The summed E-state index contributed by atoms with van der Waals surface area (Å²) in [6.45, 7) is 3.84. The summed E-state index contributed by atoms with van der Waals surface area (Å²) >= 11 is 0. The predicted octanol–water partition coefficient (Wildman–Crippen LogP) is 4.51. The highest BCUT2D eigenvalue weighted by atomic mass is 19.4. The Morgan fingerprint density at radius 2 is 1.64 bits per heavy atom. The van der Waals surface area contributed by atoms with E-state index in [2.05, 4.69) is 16.1 Å². The van der Waals surface area contributed by atoms with Crippen molar-refractivity contribution in [2.24, 2.45) is 0 Å². The molecular weight excluding hydrogens is 479 g/mol. The molecule has 0 aliphatic carbocycles. The van der Waals surface area contributed by atoms with Crippen molar-refractivity contribution < 1.29 is 37.4 Å². The second kappa shape index (κ2) is 14.3. The first-order valence-corrected chi connectivity index (χ1v) is 11.6. The average molecular weight is 512 g/mol. The number of hydrogen-bond acceptors (Lipinski definition) is 7. The van der Waals surface area contributed by atoms with E-state index in [1.165, 1.54) is 19.1 Å². The van der Waals surface area contributed by atoms with Crippen LogP contribution in [0, 0.1) is 0 Å². The predicted molar refractivity (Wildman–Crippen MR) is 129 cm³/mol. The van der Waals surface area contributed by atoms with E-state index in [1.807, 2.05) is 6.92 Å². The molecule has 2 aromatic carbocycles. The third-order valence-corrected chi connectivity index (χ3v) is 5.08. The number of unbranched alkanes of at least 4 members (excludes halogenated alkanes) is 1. The minimum atomic E-state index is -4.42. The first-order chi connectivity index (χ1) is 17.0. The van der Waals surface area contributed by atoms with Gasteiger partial charge in [-0.15, -0.1) is 0 Å². The summed E-state index contributed by atoms with van der Waals surface area (Å²) < 4.78 is 43.2. The molecule has 1 amide bonds. The molecule has 36 heavy (non-hydrogen) atoms. The first-order valence-electron chi connectivity index (χ1n) is 11.6. The second-order valence-corrected chi connectivity index (χ2v) is 8.38. The highest BCUT2D eigenvalue weighted by Gasteiger charge is 2.29. The van der Waals surface area contributed by atoms with Crippen LogP contribution < -0.4 is 20.9 Å². The number of benzene rings is 2. The van der Waals surface area contributed by atoms with Gasteiger partial charge in [0.15, 0.2) is 0 Å². The van der Waals surface area contributed by atoms with Crippen LogP contribution in [-0.4, -0.2) is 42.3 Å². The number of hydrogen-bond donors (Lipinski definition) is 4. The lowest BCUT2D eigenvalue weighted by Gasteiger charge is -2.17. The molecule has 2 atom stereocenters. The van der Waals surface area contributed by atoms with Crippen LogP contribution in [0.3, 0.4) is 0 Å². The summed E-state index contributed by atoms with van der Waals surface area (Å²) in [5.41, 5.74) is 2.48. The van der Waals surface area contributed by atoms with Crippen molar-refractivity contribution in [1.82, 2.24) is 5.32 Å². The number of carbonyl (C=O) groups excluding carboxylic acids is 2. The van der Waals surface area contributed by atoms with Crippen molar-refractivity contribution in [3.63, 3.8) is 0 Å². The number of nitrogens with one attached hydrogen (secondary N) is 3. The minimum absolute atomic E-state index is 0.108. The summed E-state index contributed by atoms with van der Waals surface area (Å²) in [5.74, 6) is -0.0861. The van der Waals surface area contributed by atoms with Gasteiger partial charge in [-0.2, -0.15) is 13.2 Å². The Kier molecular flexibility index (Phi) is 11.5. The molecular formula is C25H32F3N3O5. The monoisotopic (exact) mass is 511 g/mol. The molecule has 0 saturated heterocycles. The maximum atomic E-state index is 12.6. The zero-order chi connectivity index (χ0) is 26.6. The molecule has 0 spiro atoms. The standard InChI is InChI=1S/C25H32F3N3O5/c1-17(29-15-22(33)16-35-23-13-11-20(12-14-23)30-18(2)32)5-3-4-6-24(34)36-31-21-9-7-19(8-10-21)25(26,27)28/h7-14,17,22,29,31,33H,3-6,15-16H2,1-2H3,(H,30,32). The maximum absolute atomic E-state index is 12.6. The zero-order valence-electron chi connectivity index (χ0n) is 20.2. The number of amides is 1. The minimum Gasteiger partial charge on any atom is -0.491 e. The highest BCUT2D eigenvalue weighted by Crippen LogP contribution is 2.29. The molecule has 0 aliphatic heterocycles. The number of anilines is 2. The number of carbonyl (C=O) groups is 2. The normalized spacial score (nSPS) is 12.9. The van der Waals surface area contributed by atoms with Crippen LogP contribution in [-0.2, 0) is 20.6 Å². The van der Waals surface area contributed by atoms with Crippen LogP contribution in [0.4, 0.5) is 24.5 Å². The summed E-state index contributed by atoms with van der Waals surface area (Å²) in [7, 11) is 0. The Hall–Kier alpha value is -3.31. The highest BCUT2D eigenvalue weighted by molar-refractivity contribution is 5.88. The van der Waals surface area contributed by atoms with E-state index >= 15 is 0 Å². The fraction of sp³-hybridized carbons (Fsp3) is 0.440. The Labute approximate surface area is 208 Å². The molecule has 4 N–H and O–H groups in total. The molecule has 2 rings (SSSR count). The Morgan fingerprint density at radius 3 is 2.25 bits per heavy atom. The Morgan fingerprint density at radius 1 is 1.00 bits per heavy atom. The zero-order valence-corrected chi connectivity index (χ0v) is 20.2. The number of rotatable bonds is 14. The van der Waals surface area contributed by atoms with Gasteiger partial charge in [-0.05, 0) is 68.3 Å². The Balaban J connectivity index is 1.53. The van der Waals surface area contributed by atoms with Crippen LogP contribution >= 0.6 is 0 Å². The molecule has 198 valence electrons. The van der Waals surface area contributed by atoms with Gasteiger partial charge in [0.2, 0.25) is 5.91 Å². The molecule has 0 heterocycles. The quantitative estimate of drug-likeness (QED) is 0.218. The van der Waals surface area contributed by atoms with Crippen molar-refractivity contribution in [1.29, 1.82) is 0 Å². The fourth-order valence-corrected chi connectivity index (χ4v) is 3.14. The van der Waals surface area contributed by atoms with Gasteiger partial charge in [0.05, 0.1) is 11.3 Å². The van der Waals surface area contributed by atoms with Gasteiger partial charge < -0.3 is 25.3 Å². The molecule has 0 saturated carbocycles. The summed E-state index contributed by atoms with van der Waals surface area (Å²) in [6, 6.07) is 11.1. The van der Waals surface area contributed by atoms with Gasteiger partial charge in [-0.1, -0.05) is 6.42 Å². The molecule has 2 unspecified atom stereocenters. The van der Waals surface area contributed by atoms with Crippen molar-refractivity contribution >= 4 is 23.3 Å². The van der Waals surface area contributed by atoms with Crippen molar-refractivity contribution in [2.45, 2.75) is 57.9 Å². The topological polar surface area (TPSA) is 109 Å². The molecule has 0 fully saturated rings. The number of aliphatic hydroxyl groups excluding tert-OH is 1. The van der Waals surface area contributed by atoms with Crippen molar-refractivity contribution in [3.8, 4) is 5.75 Å². The third kappa shape index (κ3) is 11.4. The number of aliphatic hydroxyl groups is 1. The van der Waals surface area contributed by atoms with Crippen LogP contribution in [0.15, 0.2) is 48.5 Å². The molecule has 8 nitrogen and oxygen atoms in total. The van der Waals surface area contributed by atoms with Crippen LogP contribution in [0.1, 0.15) is 45.1 Å². The molecule has 2 aromatic rings. The largest absolute Gasteiger partial charge is 0.491 e. The number of ether oxygens (including phenoxy) is 1. The number of alkyl halides is 3. The lowest BCUT2D eigenvalue weighted by molar-refractivity contribution is -0.141. The van der Waals surface area contributed by atoms with Crippen molar-refractivity contribution in [3.05, 3.63) is 54.1 Å². The SMILES string of the molecule is CC(=O)Nc1ccc(OCC(O)CNC(C)CCCCC(=O)ONc2ccc(C(F)(F)F)cc2)cc1. The molecule has 0 bridgehead atoms. The van der Waals surface area contributed by atoms with E-state index in [1.54, 1.807) is 24.3 Å². The third-order valence-electron chi connectivity index (χ3n) is 5.08. The van der Waals surface area contributed by atoms with Gasteiger partial charge in [0.25, 0.3) is 0 Å². The van der Waals surface area contributed by atoms with E-state index in [0.717, 1.165) is 25.0 Å². The van der Waals surface area contributed by atoms with Gasteiger partial charge in [0, 0.05) is 31.6 Å². The van der Waals surface area contributed by atoms with Crippen LogP contribution in [0.2, 0.25) is 0 Å². The first kappa shape index (κ1) is 28.9. The van der Waals surface area contributed by atoms with Crippen molar-refractivity contribution in [2.75, 3.05) is 23.9 Å². The van der Waals surface area contributed by atoms with Gasteiger partial charge in [-0.25, -0.2) is 10.3 Å². The molecule has 0 aromatic heterocycles. The van der Waals surface area contributed by atoms with Crippen LogP contribution in [0.25, 0.3) is 0 Å². The molecule has 0 aliphatic rings. The lowest BCUT2D eigenvalue weighted by Crippen LogP contribution is -2.36. The molecule has 0 radical (unpaired) electrons. The van der Waals surface area contributed by atoms with E-state index in [0.29, 0.717) is 24.4 Å². The summed E-state index contributed by atoms with van der Waals surface area (Å²) in [5, 5.41) is 16.0. The summed E-state index contributed by atoms with van der Waals surface area (Å²) in [4.78, 5) is 27.7. The second-order valence-electron chi connectivity index (χ2n) is 8.38. The summed E-state index contributed by atoms with van der Waals surface area (Å²) in [6.07, 6.45) is -2.86. The average Bonchev–Trinajstić information content (AvgIpc) is 2.83. The van der Waals surface area contributed by atoms with Gasteiger partial charge in [-0.3, -0.25) is 4.79 Å². The van der Waals surface area contributed by atoms with E-state index in [-0.39, 0.29) is 30.7 Å². The van der Waals surface area contributed by atoms with Gasteiger partial charge in [0.1, 0.15) is 18.5 Å². The van der Waals surface area contributed by atoms with E-state index in [4.69, 9.17) is 9.57 Å². The maximum Gasteiger partial charge on any atom is 0.416 e. The Bertz CT molecular complexity index is 953. The fourth-order valence-electron chi connectivity index (χ4n) is 3.14. The number of halogens is 3. The molecule has 11 heteroatoms. The lowest BCUT2D eigenvalue weighted by atomic mass is 10.1. The smallest absolute Gasteiger partial charge is 0.416 e.